The third-order valence-electron chi connectivity index (χ3n) is 4.29. The molecule has 3 rings (SSSR count). The topological polar surface area (TPSA) is 56.8 Å². The van der Waals surface area contributed by atoms with Crippen LogP contribution in [0.5, 0.6) is 23.0 Å². The van der Waals surface area contributed by atoms with Crippen LogP contribution in [0.2, 0.25) is 0 Å². The second-order valence-corrected chi connectivity index (χ2v) is 6.16. The van der Waals surface area contributed by atoms with Crippen LogP contribution in [0.25, 0.3) is 0 Å². The van der Waals surface area contributed by atoms with Crippen LogP contribution in [-0.2, 0) is 4.79 Å². The number of rotatable bonds is 7. The second kappa shape index (κ2) is 8.43. The van der Waals surface area contributed by atoms with E-state index in [1.807, 2.05) is 30.3 Å². The summed E-state index contributed by atoms with van der Waals surface area (Å²) in [5, 5.41) is 2.94. The zero-order valence-electron chi connectivity index (χ0n) is 15.0. The van der Waals surface area contributed by atoms with E-state index in [1.165, 1.54) is 0 Å². The molecule has 0 bridgehead atoms. The zero-order chi connectivity index (χ0) is 18.4. The molecule has 5 heteroatoms. The van der Waals surface area contributed by atoms with E-state index >= 15 is 0 Å². The number of carbonyl (C=O) groups is 1. The van der Waals surface area contributed by atoms with Crippen molar-refractivity contribution >= 4 is 11.6 Å². The maximum atomic E-state index is 12.2. The highest BCUT2D eigenvalue weighted by Gasteiger charge is 2.15. The van der Waals surface area contributed by atoms with Crippen molar-refractivity contribution in [2.24, 2.45) is 5.92 Å². The van der Waals surface area contributed by atoms with E-state index in [1.54, 1.807) is 26.4 Å². The van der Waals surface area contributed by atoms with Gasteiger partial charge >= 0.3 is 0 Å². The molecule has 0 aromatic heterocycles. The molecule has 0 saturated carbocycles. The minimum absolute atomic E-state index is 0.00196. The molecule has 1 N–H and O–H groups in total. The molecule has 0 heterocycles. The third kappa shape index (κ3) is 4.57. The molecule has 1 aliphatic carbocycles. The van der Waals surface area contributed by atoms with Crippen LogP contribution in [0.3, 0.4) is 0 Å². The van der Waals surface area contributed by atoms with E-state index in [-0.39, 0.29) is 5.91 Å². The van der Waals surface area contributed by atoms with Crippen LogP contribution >= 0.6 is 0 Å². The number of benzene rings is 2. The summed E-state index contributed by atoms with van der Waals surface area (Å²) in [6.07, 6.45) is 6.84. The number of carbonyl (C=O) groups excluding carboxylic acids is 1. The van der Waals surface area contributed by atoms with E-state index in [9.17, 15) is 4.79 Å². The number of nitrogens with one attached hydrogen (secondary N) is 1. The van der Waals surface area contributed by atoms with E-state index in [0.29, 0.717) is 35.3 Å². The fourth-order valence-corrected chi connectivity index (χ4v) is 2.92. The third-order valence-corrected chi connectivity index (χ3v) is 4.29. The molecule has 26 heavy (non-hydrogen) atoms. The minimum atomic E-state index is 0.00196. The molecule has 136 valence electrons. The van der Waals surface area contributed by atoms with Gasteiger partial charge in [0.05, 0.1) is 14.2 Å². The lowest BCUT2D eigenvalue weighted by atomic mass is 10.1. The Hall–Kier alpha value is -2.95. The Morgan fingerprint density at radius 2 is 1.81 bits per heavy atom. The van der Waals surface area contributed by atoms with Crippen molar-refractivity contribution in [3.05, 3.63) is 54.6 Å². The number of anilines is 1. The second-order valence-electron chi connectivity index (χ2n) is 6.16. The van der Waals surface area contributed by atoms with Gasteiger partial charge in [0.15, 0.2) is 11.5 Å². The Morgan fingerprint density at radius 3 is 2.46 bits per heavy atom. The van der Waals surface area contributed by atoms with Gasteiger partial charge in [-0.3, -0.25) is 4.79 Å². The average Bonchev–Trinajstić information content (AvgIpc) is 3.15. The van der Waals surface area contributed by atoms with Gasteiger partial charge in [-0.25, -0.2) is 0 Å². The molecule has 0 aliphatic heterocycles. The van der Waals surface area contributed by atoms with Gasteiger partial charge in [-0.05, 0) is 55.2 Å². The molecule has 2 aromatic rings. The van der Waals surface area contributed by atoms with E-state index in [2.05, 4.69) is 17.5 Å². The van der Waals surface area contributed by atoms with Gasteiger partial charge in [0.25, 0.3) is 0 Å². The predicted octanol–water partition coefficient (Wildman–Crippen LogP) is 4.79. The Bertz CT molecular complexity index is 783. The maximum absolute atomic E-state index is 12.2. The number of methoxy groups -OCH3 is 2. The molecular weight excluding hydrogens is 330 g/mol. The molecule has 1 aliphatic rings. The van der Waals surface area contributed by atoms with Crippen molar-refractivity contribution in [3.8, 4) is 23.0 Å². The number of ether oxygens (including phenoxy) is 3. The highest BCUT2D eigenvalue weighted by atomic mass is 16.5. The number of amides is 1. The van der Waals surface area contributed by atoms with Crippen LogP contribution in [0.15, 0.2) is 54.6 Å². The quantitative estimate of drug-likeness (QED) is 0.727. The molecule has 0 radical (unpaired) electrons. The van der Waals surface area contributed by atoms with Crippen molar-refractivity contribution in [2.45, 2.75) is 19.3 Å². The summed E-state index contributed by atoms with van der Waals surface area (Å²) in [4.78, 5) is 12.2. The summed E-state index contributed by atoms with van der Waals surface area (Å²) in [5.74, 6) is 2.88. The SMILES string of the molecule is COc1ccc(Oc2cc(NC(=O)CC3C=CCC3)ccc2OC)cc1. The monoisotopic (exact) mass is 353 g/mol. The minimum Gasteiger partial charge on any atom is -0.497 e. The predicted molar refractivity (Wildman–Crippen MR) is 101 cm³/mol. The largest absolute Gasteiger partial charge is 0.497 e. The standard InChI is InChI=1S/C21H23NO4/c1-24-17-8-10-18(11-9-17)26-20-14-16(7-12-19(20)25-2)22-21(23)13-15-5-3-4-6-15/h3,5,7-12,14-15H,4,6,13H2,1-2H3,(H,22,23). The fraction of sp³-hybridized carbons (Fsp3) is 0.286. The van der Waals surface area contributed by atoms with Crippen LogP contribution in [0.4, 0.5) is 5.69 Å². The van der Waals surface area contributed by atoms with Crippen molar-refractivity contribution in [2.75, 3.05) is 19.5 Å². The summed E-state index contributed by atoms with van der Waals surface area (Å²) in [7, 11) is 3.20. The molecule has 2 aromatic carbocycles. The van der Waals surface area contributed by atoms with E-state index in [0.717, 1.165) is 18.6 Å². The summed E-state index contributed by atoms with van der Waals surface area (Å²) in [6, 6.07) is 12.6. The fourth-order valence-electron chi connectivity index (χ4n) is 2.92. The van der Waals surface area contributed by atoms with Gasteiger partial charge in [0, 0.05) is 18.2 Å². The van der Waals surface area contributed by atoms with Gasteiger partial charge < -0.3 is 19.5 Å². The average molecular weight is 353 g/mol. The molecule has 0 spiro atoms. The Morgan fingerprint density at radius 1 is 1.04 bits per heavy atom. The molecular formula is C21H23NO4. The lowest BCUT2D eigenvalue weighted by molar-refractivity contribution is -0.116. The van der Waals surface area contributed by atoms with Crippen LogP contribution in [-0.4, -0.2) is 20.1 Å². The molecule has 1 unspecified atom stereocenters. The Balaban J connectivity index is 1.70. The highest BCUT2D eigenvalue weighted by Crippen LogP contribution is 2.34. The van der Waals surface area contributed by atoms with E-state index < -0.39 is 0 Å². The van der Waals surface area contributed by atoms with Crippen LogP contribution in [0, 0.1) is 5.92 Å². The van der Waals surface area contributed by atoms with Gasteiger partial charge in [-0.15, -0.1) is 0 Å². The first-order chi connectivity index (χ1) is 12.7. The van der Waals surface area contributed by atoms with Gasteiger partial charge in [0.1, 0.15) is 11.5 Å². The first-order valence-electron chi connectivity index (χ1n) is 8.64. The molecule has 1 atom stereocenters. The molecule has 1 amide bonds. The Kier molecular flexibility index (Phi) is 5.79. The van der Waals surface area contributed by atoms with Crippen LogP contribution in [0.1, 0.15) is 19.3 Å². The summed E-state index contributed by atoms with van der Waals surface area (Å²) in [5.41, 5.74) is 0.682. The van der Waals surface area contributed by atoms with Crippen molar-refractivity contribution in [1.82, 2.24) is 0 Å². The normalized spacial score (nSPS) is 15.5. The first kappa shape index (κ1) is 17.9. The van der Waals surface area contributed by atoms with Crippen molar-refractivity contribution < 1.29 is 19.0 Å². The highest BCUT2D eigenvalue weighted by molar-refractivity contribution is 5.91. The van der Waals surface area contributed by atoms with Gasteiger partial charge in [-0.1, -0.05) is 12.2 Å². The summed E-state index contributed by atoms with van der Waals surface area (Å²) < 4.78 is 16.4. The number of hydrogen-bond donors (Lipinski definition) is 1. The zero-order valence-corrected chi connectivity index (χ0v) is 15.0. The van der Waals surface area contributed by atoms with Gasteiger partial charge in [0.2, 0.25) is 5.91 Å². The lowest BCUT2D eigenvalue weighted by Gasteiger charge is -2.14. The number of allylic oxidation sites excluding steroid dienone is 2. The molecule has 0 fully saturated rings. The smallest absolute Gasteiger partial charge is 0.224 e. The molecule has 5 nitrogen and oxygen atoms in total. The maximum Gasteiger partial charge on any atom is 0.224 e. The van der Waals surface area contributed by atoms with Crippen molar-refractivity contribution in [3.63, 3.8) is 0 Å². The number of hydrogen-bond acceptors (Lipinski definition) is 4. The van der Waals surface area contributed by atoms with Gasteiger partial charge in [-0.2, -0.15) is 0 Å². The lowest BCUT2D eigenvalue weighted by Crippen LogP contribution is -2.14. The van der Waals surface area contributed by atoms with Crippen molar-refractivity contribution in [1.29, 1.82) is 0 Å². The first-order valence-corrected chi connectivity index (χ1v) is 8.64. The van der Waals surface area contributed by atoms with E-state index in [4.69, 9.17) is 14.2 Å². The van der Waals surface area contributed by atoms with Crippen LogP contribution < -0.4 is 19.5 Å². The summed E-state index contributed by atoms with van der Waals surface area (Å²) in [6.45, 7) is 0. The Labute approximate surface area is 153 Å². The molecule has 0 saturated heterocycles. The summed E-state index contributed by atoms with van der Waals surface area (Å²) >= 11 is 0.